The first kappa shape index (κ1) is 15.3. The quantitative estimate of drug-likeness (QED) is 0.783. The van der Waals surface area contributed by atoms with Crippen molar-refractivity contribution in [2.75, 3.05) is 25.5 Å². The van der Waals surface area contributed by atoms with Gasteiger partial charge in [-0.15, -0.1) is 10.2 Å². The summed E-state index contributed by atoms with van der Waals surface area (Å²) < 4.78 is 31.1. The second-order valence-electron chi connectivity index (χ2n) is 4.47. The molecule has 8 nitrogen and oxygen atoms in total. The van der Waals surface area contributed by atoms with Gasteiger partial charge in [0.25, 0.3) is 10.0 Å². The van der Waals surface area contributed by atoms with E-state index in [2.05, 4.69) is 15.5 Å². The van der Waals surface area contributed by atoms with Crippen LogP contribution in [0.1, 0.15) is 19.8 Å². The maximum absolute atomic E-state index is 12.3. The van der Waals surface area contributed by atoms with Gasteiger partial charge >= 0.3 is 0 Å². The van der Waals surface area contributed by atoms with Crippen LogP contribution in [0.5, 0.6) is 0 Å². The van der Waals surface area contributed by atoms with Crippen LogP contribution in [-0.2, 0) is 19.6 Å². The van der Waals surface area contributed by atoms with Crippen molar-refractivity contribution in [3.63, 3.8) is 0 Å². The first-order valence-corrected chi connectivity index (χ1v) is 8.34. The van der Waals surface area contributed by atoms with Crippen molar-refractivity contribution in [1.29, 1.82) is 0 Å². The molecule has 2 heterocycles. The minimum absolute atomic E-state index is 0.0717. The van der Waals surface area contributed by atoms with Gasteiger partial charge in [-0.2, -0.15) is 4.31 Å². The number of nitrogens with zero attached hydrogens (tertiary/aromatic N) is 3. The molecule has 1 amide bonds. The van der Waals surface area contributed by atoms with Crippen LogP contribution >= 0.6 is 11.3 Å². The van der Waals surface area contributed by atoms with E-state index in [1.807, 2.05) is 0 Å². The number of aromatic nitrogens is 2. The third kappa shape index (κ3) is 3.51. The van der Waals surface area contributed by atoms with E-state index < -0.39 is 10.0 Å². The van der Waals surface area contributed by atoms with Gasteiger partial charge in [0, 0.05) is 27.1 Å². The molecule has 0 radical (unpaired) electrons. The van der Waals surface area contributed by atoms with Crippen LogP contribution in [0.15, 0.2) is 4.34 Å². The van der Waals surface area contributed by atoms with Crippen LogP contribution in [0.4, 0.5) is 5.13 Å². The summed E-state index contributed by atoms with van der Waals surface area (Å²) in [4.78, 5) is 10.9. The summed E-state index contributed by atoms with van der Waals surface area (Å²) in [6, 6.07) is 0. The van der Waals surface area contributed by atoms with Crippen LogP contribution in [-0.4, -0.2) is 55.1 Å². The Hall–Kier alpha value is -1.10. The smallest absolute Gasteiger partial charge is 0.272 e. The Balaban J connectivity index is 2.08. The van der Waals surface area contributed by atoms with Crippen molar-refractivity contribution < 1.29 is 17.9 Å². The van der Waals surface area contributed by atoms with Gasteiger partial charge in [-0.3, -0.25) is 4.79 Å². The summed E-state index contributed by atoms with van der Waals surface area (Å²) in [6.45, 7) is 2.28. The fourth-order valence-corrected chi connectivity index (χ4v) is 4.16. The van der Waals surface area contributed by atoms with Crippen molar-refractivity contribution in [1.82, 2.24) is 14.5 Å². The van der Waals surface area contributed by atoms with E-state index in [1.54, 1.807) is 0 Å². The summed E-state index contributed by atoms with van der Waals surface area (Å²) in [6.07, 6.45) is 1.73. The monoisotopic (exact) mass is 320 g/mol. The van der Waals surface area contributed by atoms with E-state index in [9.17, 15) is 13.2 Å². The Labute approximate surface area is 121 Å². The third-order valence-corrected chi connectivity index (χ3v) is 5.81. The lowest BCUT2D eigenvalue weighted by atomic mass is 10.2. The molecule has 1 fully saturated rings. The number of sulfonamides is 1. The number of hydrogen-bond donors (Lipinski definition) is 1. The fraction of sp³-hybridized carbons (Fsp3) is 0.700. The first-order valence-electron chi connectivity index (χ1n) is 6.08. The Morgan fingerprint density at radius 3 is 2.90 bits per heavy atom. The van der Waals surface area contributed by atoms with E-state index in [0.29, 0.717) is 6.61 Å². The van der Waals surface area contributed by atoms with Crippen molar-refractivity contribution in [2.45, 2.75) is 30.2 Å². The van der Waals surface area contributed by atoms with E-state index >= 15 is 0 Å². The predicted molar refractivity (Wildman–Crippen MR) is 73.0 cm³/mol. The molecule has 10 heteroatoms. The van der Waals surface area contributed by atoms with Gasteiger partial charge in [0.15, 0.2) is 0 Å². The average molecular weight is 320 g/mol. The predicted octanol–water partition coefficient (Wildman–Crippen LogP) is 0.296. The van der Waals surface area contributed by atoms with Gasteiger partial charge in [-0.05, 0) is 12.8 Å². The molecule has 1 N–H and O–H groups in total. The van der Waals surface area contributed by atoms with Gasteiger partial charge in [0.2, 0.25) is 15.4 Å². The van der Waals surface area contributed by atoms with Crippen molar-refractivity contribution in [3.05, 3.63) is 0 Å². The maximum Gasteiger partial charge on any atom is 0.272 e. The zero-order chi connectivity index (χ0) is 14.8. The molecule has 0 saturated carbocycles. The molecule has 2 rings (SSSR count). The van der Waals surface area contributed by atoms with Crippen LogP contribution in [0.2, 0.25) is 0 Å². The zero-order valence-electron chi connectivity index (χ0n) is 11.2. The molecule has 0 aliphatic carbocycles. The summed E-state index contributed by atoms with van der Waals surface area (Å²) >= 11 is 0.830. The molecule has 1 saturated heterocycles. The van der Waals surface area contributed by atoms with Gasteiger partial charge in [0.05, 0.1) is 6.10 Å². The second kappa shape index (κ2) is 6.12. The number of carbonyl (C=O) groups excluding carboxylic acids is 1. The topological polar surface area (TPSA) is 101 Å². The number of rotatable bonds is 5. The van der Waals surface area contributed by atoms with Crippen LogP contribution in [0.3, 0.4) is 0 Å². The summed E-state index contributed by atoms with van der Waals surface area (Å²) in [5.74, 6) is -0.321. The van der Waals surface area contributed by atoms with Gasteiger partial charge in [-0.1, -0.05) is 11.3 Å². The SMILES string of the molecule is CC(=O)Nc1nnc(S(=O)(=O)N(C)CC2CCCO2)s1. The van der Waals surface area contributed by atoms with E-state index in [0.717, 1.165) is 24.2 Å². The standard InChI is InChI=1S/C10H16N4O4S2/c1-7(15)11-9-12-13-10(19-9)20(16,17)14(2)6-8-4-3-5-18-8/h8H,3-6H2,1-2H3,(H,11,12,15). The lowest BCUT2D eigenvalue weighted by Crippen LogP contribution is -2.34. The zero-order valence-corrected chi connectivity index (χ0v) is 12.8. The average Bonchev–Trinajstić information content (AvgIpc) is 2.99. The Morgan fingerprint density at radius 1 is 1.55 bits per heavy atom. The molecule has 1 aromatic heterocycles. The molecular formula is C10H16N4O4S2. The highest BCUT2D eigenvalue weighted by molar-refractivity contribution is 7.91. The van der Waals surface area contributed by atoms with E-state index in [-0.39, 0.29) is 28.0 Å². The minimum atomic E-state index is -3.69. The third-order valence-electron chi connectivity index (χ3n) is 2.81. The molecule has 1 aliphatic rings. The number of hydrogen-bond acceptors (Lipinski definition) is 7. The molecule has 1 aliphatic heterocycles. The molecule has 1 aromatic rings. The van der Waals surface area contributed by atoms with Crippen molar-refractivity contribution >= 4 is 32.4 Å². The highest BCUT2D eigenvalue weighted by Gasteiger charge is 2.29. The van der Waals surface area contributed by atoms with Gasteiger partial charge < -0.3 is 10.1 Å². The minimum Gasteiger partial charge on any atom is -0.377 e. The highest BCUT2D eigenvalue weighted by Crippen LogP contribution is 2.23. The molecule has 0 aromatic carbocycles. The summed E-state index contributed by atoms with van der Waals surface area (Å²) in [5, 5.41) is 9.83. The maximum atomic E-state index is 12.3. The molecule has 0 spiro atoms. The molecule has 1 unspecified atom stereocenters. The number of carbonyl (C=O) groups is 1. The van der Waals surface area contributed by atoms with E-state index in [1.165, 1.54) is 18.3 Å². The Kier molecular flexibility index (Phi) is 4.68. The molecule has 1 atom stereocenters. The lowest BCUT2D eigenvalue weighted by molar-refractivity contribution is -0.114. The number of nitrogens with one attached hydrogen (secondary N) is 1. The van der Waals surface area contributed by atoms with Gasteiger partial charge in [0.1, 0.15) is 0 Å². The number of amides is 1. The van der Waals surface area contributed by atoms with Crippen molar-refractivity contribution in [2.24, 2.45) is 0 Å². The first-order chi connectivity index (χ1) is 9.39. The van der Waals surface area contributed by atoms with Crippen LogP contribution in [0.25, 0.3) is 0 Å². The Morgan fingerprint density at radius 2 is 2.30 bits per heavy atom. The van der Waals surface area contributed by atoms with Crippen LogP contribution < -0.4 is 5.32 Å². The number of ether oxygens (including phenoxy) is 1. The lowest BCUT2D eigenvalue weighted by Gasteiger charge is -2.18. The Bertz CT molecular complexity index is 580. The summed E-state index contributed by atoms with van der Waals surface area (Å²) in [5.41, 5.74) is 0. The van der Waals surface area contributed by atoms with Gasteiger partial charge in [-0.25, -0.2) is 8.42 Å². The van der Waals surface area contributed by atoms with E-state index in [4.69, 9.17) is 4.74 Å². The van der Waals surface area contributed by atoms with Crippen molar-refractivity contribution in [3.8, 4) is 0 Å². The number of anilines is 1. The highest BCUT2D eigenvalue weighted by atomic mass is 32.2. The normalized spacial score (nSPS) is 19.4. The summed E-state index contributed by atoms with van der Waals surface area (Å²) in [7, 11) is -2.21. The fourth-order valence-electron chi connectivity index (χ4n) is 1.82. The molecule has 20 heavy (non-hydrogen) atoms. The van der Waals surface area contributed by atoms with Crippen LogP contribution in [0, 0.1) is 0 Å². The second-order valence-corrected chi connectivity index (χ2v) is 7.67. The molecule has 112 valence electrons. The largest absolute Gasteiger partial charge is 0.377 e. The molecular weight excluding hydrogens is 304 g/mol. The number of likely N-dealkylation sites (N-methyl/N-ethyl adjacent to an activating group) is 1. The molecule has 0 bridgehead atoms.